The Morgan fingerprint density at radius 3 is 2.35 bits per heavy atom. The predicted molar refractivity (Wildman–Crippen MR) is 101 cm³/mol. The van der Waals surface area contributed by atoms with Crippen LogP contribution < -0.4 is 13.8 Å². The Morgan fingerprint density at radius 2 is 1.81 bits per heavy atom. The van der Waals surface area contributed by atoms with Crippen molar-refractivity contribution in [3.05, 3.63) is 48.0 Å². The van der Waals surface area contributed by atoms with Gasteiger partial charge >= 0.3 is 0 Å². The van der Waals surface area contributed by atoms with Crippen molar-refractivity contribution < 1.29 is 21.6 Å². The van der Waals surface area contributed by atoms with Gasteiger partial charge in [0, 0.05) is 12.2 Å². The number of anilines is 2. The fraction of sp³-hybridized carbons (Fsp3) is 0.294. The molecule has 0 amide bonds. The SMILES string of the molecule is COc1ccc(S(=O)(=O)Nc2ccc(N3CCCS3(=O)=O)c(C)c2)cc1. The summed E-state index contributed by atoms with van der Waals surface area (Å²) in [6.07, 6.45) is 0.591. The Morgan fingerprint density at radius 1 is 1.12 bits per heavy atom. The van der Waals surface area contributed by atoms with Crippen molar-refractivity contribution in [2.45, 2.75) is 18.2 Å². The summed E-state index contributed by atoms with van der Waals surface area (Å²) < 4.78 is 58.1. The maximum absolute atomic E-state index is 12.5. The van der Waals surface area contributed by atoms with Gasteiger partial charge in [-0.05, 0) is 61.4 Å². The molecule has 1 aliphatic heterocycles. The quantitative estimate of drug-likeness (QED) is 0.837. The molecule has 0 saturated carbocycles. The van der Waals surface area contributed by atoms with E-state index in [9.17, 15) is 16.8 Å². The van der Waals surface area contributed by atoms with Gasteiger partial charge in [0.2, 0.25) is 10.0 Å². The van der Waals surface area contributed by atoms with Crippen LogP contribution in [0, 0.1) is 6.92 Å². The topological polar surface area (TPSA) is 92.8 Å². The lowest BCUT2D eigenvalue weighted by atomic mass is 10.2. The number of nitrogens with one attached hydrogen (secondary N) is 1. The highest BCUT2D eigenvalue weighted by Gasteiger charge is 2.29. The van der Waals surface area contributed by atoms with E-state index in [1.54, 1.807) is 37.3 Å². The van der Waals surface area contributed by atoms with Gasteiger partial charge in [0.05, 0.1) is 23.4 Å². The maximum Gasteiger partial charge on any atom is 0.261 e. The molecular weight excluding hydrogens is 376 g/mol. The standard InChI is InChI=1S/C17H20N2O5S2/c1-13-12-14(4-9-17(13)19-10-3-11-25(19,20)21)18-26(22,23)16-7-5-15(24-2)6-8-16/h4-9,12,18H,3,10-11H2,1-2H3. The molecule has 2 aromatic carbocycles. The van der Waals surface area contributed by atoms with E-state index in [0.29, 0.717) is 35.7 Å². The van der Waals surface area contributed by atoms with Crippen LogP contribution in [0.3, 0.4) is 0 Å². The molecule has 0 atom stereocenters. The van der Waals surface area contributed by atoms with Gasteiger partial charge in [0.15, 0.2) is 0 Å². The molecule has 1 aliphatic rings. The molecule has 0 aromatic heterocycles. The van der Waals surface area contributed by atoms with Crippen molar-refractivity contribution in [2.24, 2.45) is 0 Å². The van der Waals surface area contributed by atoms with Crippen molar-refractivity contribution in [1.29, 1.82) is 0 Å². The minimum atomic E-state index is -3.75. The van der Waals surface area contributed by atoms with E-state index < -0.39 is 20.0 Å². The smallest absolute Gasteiger partial charge is 0.261 e. The summed E-state index contributed by atoms with van der Waals surface area (Å²) in [6.45, 7) is 2.20. The zero-order chi connectivity index (χ0) is 18.9. The molecule has 26 heavy (non-hydrogen) atoms. The first-order valence-electron chi connectivity index (χ1n) is 8.01. The van der Waals surface area contributed by atoms with Gasteiger partial charge in [-0.1, -0.05) is 0 Å². The fourth-order valence-electron chi connectivity index (χ4n) is 2.88. The van der Waals surface area contributed by atoms with Gasteiger partial charge in [-0.2, -0.15) is 0 Å². The molecule has 140 valence electrons. The van der Waals surface area contributed by atoms with E-state index in [0.717, 1.165) is 0 Å². The number of aryl methyl sites for hydroxylation is 1. The fourth-order valence-corrected chi connectivity index (χ4v) is 5.55. The normalized spacial score (nSPS) is 16.5. The third-order valence-electron chi connectivity index (χ3n) is 4.19. The Labute approximate surface area is 153 Å². The number of nitrogens with zero attached hydrogens (tertiary/aromatic N) is 1. The summed E-state index contributed by atoms with van der Waals surface area (Å²) >= 11 is 0. The summed E-state index contributed by atoms with van der Waals surface area (Å²) in [7, 11) is -5.52. The minimum Gasteiger partial charge on any atom is -0.497 e. The van der Waals surface area contributed by atoms with Crippen LogP contribution in [0.15, 0.2) is 47.4 Å². The molecule has 1 N–H and O–H groups in total. The van der Waals surface area contributed by atoms with Gasteiger partial charge < -0.3 is 4.74 Å². The summed E-state index contributed by atoms with van der Waals surface area (Å²) in [5, 5.41) is 0. The third kappa shape index (κ3) is 3.63. The Hall–Kier alpha value is -2.26. The molecule has 1 saturated heterocycles. The van der Waals surface area contributed by atoms with E-state index in [2.05, 4.69) is 4.72 Å². The number of methoxy groups -OCH3 is 1. The first-order chi connectivity index (χ1) is 12.2. The number of hydrogen-bond acceptors (Lipinski definition) is 5. The Bertz CT molecular complexity index is 1020. The van der Waals surface area contributed by atoms with Gasteiger partial charge in [0.1, 0.15) is 5.75 Å². The van der Waals surface area contributed by atoms with Crippen LogP contribution in [0.25, 0.3) is 0 Å². The minimum absolute atomic E-state index is 0.113. The molecule has 2 aromatic rings. The lowest BCUT2D eigenvalue weighted by Gasteiger charge is -2.20. The first kappa shape index (κ1) is 18.5. The van der Waals surface area contributed by atoms with E-state index in [1.807, 2.05) is 0 Å². The van der Waals surface area contributed by atoms with Crippen molar-refractivity contribution >= 4 is 31.4 Å². The van der Waals surface area contributed by atoms with E-state index in [4.69, 9.17) is 4.74 Å². The number of hydrogen-bond donors (Lipinski definition) is 1. The summed E-state index contributed by atoms with van der Waals surface area (Å²) in [5.41, 5.74) is 1.64. The van der Waals surface area contributed by atoms with Crippen LogP contribution >= 0.6 is 0 Å². The zero-order valence-corrected chi connectivity index (χ0v) is 16.1. The molecular formula is C17H20N2O5S2. The average molecular weight is 396 g/mol. The predicted octanol–water partition coefficient (Wildman–Crippen LogP) is 2.34. The number of ether oxygens (including phenoxy) is 1. The summed E-state index contributed by atoms with van der Waals surface area (Å²) in [5.74, 6) is 0.703. The summed E-state index contributed by atoms with van der Waals surface area (Å²) in [4.78, 5) is 0.113. The number of benzene rings is 2. The highest BCUT2D eigenvalue weighted by Crippen LogP contribution is 2.30. The van der Waals surface area contributed by atoms with Crippen LogP contribution in [0.4, 0.5) is 11.4 Å². The van der Waals surface area contributed by atoms with Crippen molar-refractivity contribution in [3.8, 4) is 5.75 Å². The lowest BCUT2D eigenvalue weighted by Crippen LogP contribution is -2.25. The summed E-state index contributed by atoms with van der Waals surface area (Å²) in [6, 6.07) is 10.9. The van der Waals surface area contributed by atoms with Crippen LogP contribution in [0.5, 0.6) is 5.75 Å². The number of rotatable bonds is 5. The largest absolute Gasteiger partial charge is 0.497 e. The maximum atomic E-state index is 12.5. The Balaban J connectivity index is 1.85. The van der Waals surface area contributed by atoms with Crippen molar-refractivity contribution in [3.63, 3.8) is 0 Å². The van der Waals surface area contributed by atoms with E-state index in [1.165, 1.54) is 23.5 Å². The van der Waals surface area contributed by atoms with E-state index >= 15 is 0 Å². The Kier molecular flexibility index (Phi) is 4.85. The molecule has 0 bridgehead atoms. The molecule has 0 radical (unpaired) electrons. The van der Waals surface area contributed by atoms with Crippen LogP contribution in [0.2, 0.25) is 0 Å². The second kappa shape index (κ2) is 6.81. The highest BCUT2D eigenvalue weighted by molar-refractivity contribution is 7.93. The van der Waals surface area contributed by atoms with E-state index in [-0.39, 0.29) is 10.6 Å². The second-order valence-electron chi connectivity index (χ2n) is 6.02. The van der Waals surface area contributed by atoms with Crippen LogP contribution in [0.1, 0.15) is 12.0 Å². The zero-order valence-electron chi connectivity index (χ0n) is 14.5. The molecule has 0 aliphatic carbocycles. The van der Waals surface area contributed by atoms with Gasteiger partial charge in [-0.3, -0.25) is 9.03 Å². The molecule has 9 heteroatoms. The van der Waals surface area contributed by atoms with Gasteiger partial charge in [0.25, 0.3) is 10.0 Å². The highest BCUT2D eigenvalue weighted by atomic mass is 32.2. The third-order valence-corrected chi connectivity index (χ3v) is 7.44. The average Bonchev–Trinajstić information content (AvgIpc) is 2.94. The molecule has 0 spiro atoms. The van der Waals surface area contributed by atoms with Gasteiger partial charge in [-0.25, -0.2) is 16.8 Å². The molecule has 0 unspecified atom stereocenters. The van der Waals surface area contributed by atoms with Crippen LogP contribution in [-0.2, 0) is 20.0 Å². The van der Waals surface area contributed by atoms with Crippen LogP contribution in [-0.4, -0.2) is 36.2 Å². The monoisotopic (exact) mass is 396 g/mol. The molecule has 7 nitrogen and oxygen atoms in total. The lowest BCUT2D eigenvalue weighted by molar-refractivity contribution is 0.414. The number of sulfonamides is 2. The first-order valence-corrected chi connectivity index (χ1v) is 11.1. The van der Waals surface area contributed by atoms with Crippen molar-refractivity contribution in [2.75, 3.05) is 28.4 Å². The molecule has 1 heterocycles. The second-order valence-corrected chi connectivity index (χ2v) is 9.72. The van der Waals surface area contributed by atoms with Gasteiger partial charge in [-0.15, -0.1) is 0 Å². The molecule has 1 fully saturated rings. The van der Waals surface area contributed by atoms with Crippen molar-refractivity contribution in [1.82, 2.24) is 0 Å². The molecule has 3 rings (SSSR count).